The molecular formula is C19H14N2O2S2. The first-order valence-electron chi connectivity index (χ1n) is 7.72. The first-order valence-corrected chi connectivity index (χ1v) is 8.95. The third-order valence-corrected chi connectivity index (χ3v) is 5.61. The molecule has 0 radical (unpaired) electrons. The SMILES string of the molecule is Cc1ccc(C)c(-n2c(O)c(C3=c4ccccc4=NC3=O)sc2=S)c1. The van der Waals surface area contributed by atoms with E-state index in [-0.39, 0.29) is 11.8 Å². The van der Waals surface area contributed by atoms with E-state index >= 15 is 0 Å². The lowest BCUT2D eigenvalue weighted by molar-refractivity contribution is -0.112. The normalized spacial score (nSPS) is 13.0. The number of fused-ring (bicyclic) bond motifs is 1. The lowest BCUT2D eigenvalue weighted by Gasteiger charge is -2.10. The van der Waals surface area contributed by atoms with E-state index in [0.29, 0.717) is 19.8 Å². The molecule has 1 aliphatic rings. The molecule has 0 spiro atoms. The highest BCUT2D eigenvalue weighted by Gasteiger charge is 2.25. The Balaban J connectivity index is 2.03. The van der Waals surface area contributed by atoms with Gasteiger partial charge in [0.25, 0.3) is 5.91 Å². The topological polar surface area (TPSA) is 54.6 Å². The van der Waals surface area contributed by atoms with Gasteiger partial charge in [0.1, 0.15) is 4.88 Å². The summed E-state index contributed by atoms with van der Waals surface area (Å²) in [5.74, 6) is -0.361. The minimum atomic E-state index is -0.346. The number of para-hydroxylation sites is 1. The van der Waals surface area contributed by atoms with E-state index < -0.39 is 0 Å². The number of aryl methyl sites for hydroxylation is 2. The standard InChI is InChI=1S/C19H14N2O2S2/c1-10-7-8-11(2)14(9-10)21-18(23)16(25-19(21)24)15-12-5-3-4-6-13(12)20-17(15)22/h3-9,23H,1-2H3. The maximum Gasteiger partial charge on any atom is 0.279 e. The van der Waals surface area contributed by atoms with Gasteiger partial charge in [-0.05, 0) is 49.3 Å². The highest BCUT2D eigenvalue weighted by atomic mass is 32.1. The number of benzene rings is 2. The van der Waals surface area contributed by atoms with Gasteiger partial charge in [0.15, 0.2) is 3.95 Å². The van der Waals surface area contributed by atoms with Gasteiger partial charge in [-0.3, -0.25) is 9.36 Å². The van der Waals surface area contributed by atoms with Crippen molar-refractivity contribution in [1.29, 1.82) is 0 Å². The van der Waals surface area contributed by atoms with Crippen LogP contribution in [0, 0.1) is 17.8 Å². The Kier molecular flexibility index (Phi) is 3.67. The van der Waals surface area contributed by atoms with Crippen molar-refractivity contribution in [1.82, 2.24) is 4.57 Å². The molecule has 1 amide bonds. The molecule has 1 aliphatic heterocycles. The fourth-order valence-electron chi connectivity index (χ4n) is 2.98. The molecule has 4 nitrogen and oxygen atoms in total. The van der Waals surface area contributed by atoms with Gasteiger partial charge in [-0.1, -0.05) is 30.3 Å². The maximum absolute atomic E-state index is 12.4. The minimum absolute atomic E-state index is 0.0149. The highest BCUT2D eigenvalue weighted by molar-refractivity contribution is 7.73. The second kappa shape index (κ2) is 5.75. The Labute approximate surface area is 153 Å². The number of aromatic nitrogens is 1. The molecule has 6 heteroatoms. The van der Waals surface area contributed by atoms with Gasteiger partial charge in [0, 0.05) is 5.22 Å². The molecule has 2 heterocycles. The van der Waals surface area contributed by atoms with Crippen molar-refractivity contribution in [2.45, 2.75) is 13.8 Å². The van der Waals surface area contributed by atoms with Crippen LogP contribution >= 0.6 is 23.6 Å². The zero-order chi connectivity index (χ0) is 17.7. The number of nitrogens with zero attached hydrogens (tertiary/aromatic N) is 2. The third-order valence-electron chi connectivity index (χ3n) is 4.23. The van der Waals surface area contributed by atoms with E-state index in [2.05, 4.69) is 4.99 Å². The molecule has 2 aromatic carbocycles. The largest absolute Gasteiger partial charge is 0.493 e. The zero-order valence-corrected chi connectivity index (χ0v) is 15.2. The predicted molar refractivity (Wildman–Crippen MR) is 100 cm³/mol. The third kappa shape index (κ3) is 2.45. The number of carbonyl (C=O) groups is 1. The van der Waals surface area contributed by atoms with Gasteiger partial charge in [0.05, 0.1) is 16.6 Å². The highest BCUT2D eigenvalue weighted by Crippen LogP contribution is 2.35. The number of amides is 1. The van der Waals surface area contributed by atoms with Crippen molar-refractivity contribution >= 4 is 35.0 Å². The number of carbonyl (C=O) groups excluding carboxylic acids is 1. The van der Waals surface area contributed by atoms with Crippen LogP contribution in [-0.4, -0.2) is 15.6 Å². The Hall–Kier alpha value is -2.57. The van der Waals surface area contributed by atoms with Gasteiger partial charge < -0.3 is 5.11 Å². The summed E-state index contributed by atoms with van der Waals surface area (Å²) in [6, 6.07) is 13.3. The molecule has 0 fully saturated rings. The first kappa shape index (κ1) is 15.9. The average molecular weight is 366 g/mol. The summed E-state index contributed by atoms with van der Waals surface area (Å²) in [5, 5.41) is 12.2. The van der Waals surface area contributed by atoms with E-state index in [4.69, 9.17) is 12.2 Å². The van der Waals surface area contributed by atoms with Gasteiger partial charge in [0.2, 0.25) is 5.88 Å². The van der Waals surface area contributed by atoms with Crippen molar-refractivity contribution in [3.63, 3.8) is 0 Å². The smallest absolute Gasteiger partial charge is 0.279 e. The van der Waals surface area contributed by atoms with Crippen LogP contribution in [0.25, 0.3) is 11.3 Å². The fourth-order valence-corrected chi connectivity index (χ4v) is 4.35. The molecule has 3 aromatic rings. The molecule has 124 valence electrons. The van der Waals surface area contributed by atoms with Gasteiger partial charge >= 0.3 is 0 Å². The summed E-state index contributed by atoms with van der Waals surface area (Å²) in [7, 11) is 0. The molecule has 0 bridgehead atoms. The fraction of sp³-hybridized carbons (Fsp3) is 0.105. The van der Waals surface area contributed by atoms with Crippen LogP contribution in [0.1, 0.15) is 16.0 Å². The van der Waals surface area contributed by atoms with Crippen LogP contribution in [0.15, 0.2) is 47.5 Å². The van der Waals surface area contributed by atoms with Crippen molar-refractivity contribution in [3.05, 3.63) is 73.0 Å². The summed E-state index contributed by atoms with van der Waals surface area (Å²) in [6.45, 7) is 3.95. The molecule has 0 aliphatic carbocycles. The predicted octanol–water partition coefficient (Wildman–Crippen LogP) is 2.95. The van der Waals surface area contributed by atoms with Crippen molar-refractivity contribution in [2.75, 3.05) is 0 Å². The number of hydrogen-bond donors (Lipinski definition) is 1. The quantitative estimate of drug-likeness (QED) is 0.710. The van der Waals surface area contributed by atoms with Crippen LogP contribution in [0.4, 0.5) is 0 Å². The van der Waals surface area contributed by atoms with Gasteiger partial charge in [-0.2, -0.15) is 0 Å². The molecule has 0 saturated heterocycles. The van der Waals surface area contributed by atoms with E-state index in [9.17, 15) is 9.90 Å². The molecule has 0 atom stereocenters. The Morgan fingerprint density at radius 1 is 1.16 bits per heavy atom. The summed E-state index contributed by atoms with van der Waals surface area (Å²) in [4.78, 5) is 16.9. The molecule has 1 N–H and O–H groups in total. The number of hydrogen-bond acceptors (Lipinski definition) is 4. The Morgan fingerprint density at radius 2 is 1.92 bits per heavy atom. The van der Waals surface area contributed by atoms with Gasteiger partial charge in [-0.25, -0.2) is 4.99 Å². The van der Waals surface area contributed by atoms with Crippen LogP contribution in [0.3, 0.4) is 0 Å². The molecule has 0 unspecified atom stereocenters. The lowest BCUT2D eigenvalue weighted by Crippen LogP contribution is -2.22. The zero-order valence-electron chi connectivity index (χ0n) is 13.6. The van der Waals surface area contributed by atoms with Crippen LogP contribution in [0.5, 0.6) is 5.88 Å². The summed E-state index contributed by atoms with van der Waals surface area (Å²) in [6.07, 6.45) is 0. The van der Waals surface area contributed by atoms with E-state index in [1.54, 1.807) is 10.6 Å². The molecule has 0 saturated carbocycles. The van der Waals surface area contributed by atoms with Crippen molar-refractivity contribution in [3.8, 4) is 11.6 Å². The average Bonchev–Trinajstić information content (AvgIpc) is 3.05. The Morgan fingerprint density at radius 3 is 2.72 bits per heavy atom. The van der Waals surface area contributed by atoms with E-state index in [1.165, 1.54) is 11.3 Å². The number of aromatic hydroxyl groups is 1. The summed E-state index contributed by atoms with van der Waals surface area (Å²) >= 11 is 6.71. The monoisotopic (exact) mass is 366 g/mol. The molecular weight excluding hydrogens is 352 g/mol. The van der Waals surface area contributed by atoms with Crippen LogP contribution in [0.2, 0.25) is 0 Å². The number of thiazole rings is 1. The van der Waals surface area contributed by atoms with Crippen molar-refractivity contribution in [2.24, 2.45) is 4.99 Å². The second-order valence-corrected chi connectivity index (χ2v) is 7.60. The van der Waals surface area contributed by atoms with Gasteiger partial charge in [-0.15, -0.1) is 11.3 Å². The summed E-state index contributed by atoms with van der Waals surface area (Å²) < 4.78 is 2.12. The van der Waals surface area contributed by atoms with Crippen LogP contribution in [-0.2, 0) is 4.79 Å². The molecule has 4 rings (SSSR count). The van der Waals surface area contributed by atoms with Crippen molar-refractivity contribution < 1.29 is 9.90 Å². The first-order chi connectivity index (χ1) is 12.0. The molecule has 25 heavy (non-hydrogen) atoms. The summed E-state index contributed by atoms with van der Waals surface area (Å²) in [5.41, 5.74) is 3.29. The lowest BCUT2D eigenvalue weighted by atomic mass is 10.1. The maximum atomic E-state index is 12.4. The Bertz CT molecular complexity index is 1220. The van der Waals surface area contributed by atoms with E-state index in [0.717, 1.165) is 22.0 Å². The number of rotatable bonds is 2. The molecule has 1 aromatic heterocycles. The van der Waals surface area contributed by atoms with Crippen LogP contribution < -0.4 is 10.6 Å². The second-order valence-electron chi connectivity index (χ2n) is 5.96. The van der Waals surface area contributed by atoms with E-state index in [1.807, 2.05) is 50.2 Å². The minimum Gasteiger partial charge on any atom is -0.493 e.